The number of carbonyl (C=O) groups excluding carboxylic acids is 1. The van der Waals surface area contributed by atoms with Crippen LogP contribution >= 0.6 is 11.3 Å². The number of rotatable bonds is 5. The average Bonchev–Trinajstić information content (AvgIpc) is 2.90. The van der Waals surface area contributed by atoms with Gasteiger partial charge in [0.1, 0.15) is 0 Å². The quantitative estimate of drug-likeness (QED) is 0.868. The van der Waals surface area contributed by atoms with Gasteiger partial charge in [0.25, 0.3) is 0 Å². The van der Waals surface area contributed by atoms with E-state index >= 15 is 0 Å². The van der Waals surface area contributed by atoms with Crippen LogP contribution in [-0.4, -0.2) is 5.91 Å². The molecule has 1 atom stereocenters. The highest BCUT2D eigenvalue weighted by Crippen LogP contribution is 2.18. The van der Waals surface area contributed by atoms with E-state index in [0.717, 1.165) is 12.1 Å². The number of hydrogen-bond acceptors (Lipinski definition) is 3. The number of benzene rings is 1. The van der Waals surface area contributed by atoms with Crippen molar-refractivity contribution in [2.45, 2.75) is 19.5 Å². The molecule has 2 rings (SSSR count). The minimum Gasteiger partial charge on any atom is -0.366 e. The van der Waals surface area contributed by atoms with Crippen molar-refractivity contribution in [2.24, 2.45) is 5.73 Å². The molecular formula is C14H16N2OS. The second kappa shape index (κ2) is 5.80. The summed E-state index contributed by atoms with van der Waals surface area (Å²) >= 11 is 1.75. The van der Waals surface area contributed by atoms with Crippen molar-refractivity contribution in [1.29, 1.82) is 0 Å². The molecule has 0 bridgehead atoms. The third-order valence-electron chi connectivity index (χ3n) is 2.82. The fraction of sp³-hybridized carbons (Fsp3) is 0.214. The summed E-state index contributed by atoms with van der Waals surface area (Å²) in [5.74, 6) is -0.388. The maximum Gasteiger partial charge on any atom is 0.248 e. The molecule has 18 heavy (non-hydrogen) atoms. The topological polar surface area (TPSA) is 55.1 Å². The molecule has 0 aliphatic carbocycles. The van der Waals surface area contributed by atoms with E-state index < -0.39 is 0 Å². The molecule has 3 nitrogen and oxygen atoms in total. The Balaban J connectivity index is 1.92. The minimum absolute atomic E-state index is 0.334. The van der Waals surface area contributed by atoms with Crippen molar-refractivity contribution in [2.75, 3.05) is 0 Å². The van der Waals surface area contributed by atoms with Gasteiger partial charge in [0.05, 0.1) is 0 Å². The van der Waals surface area contributed by atoms with Gasteiger partial charge in [0.2, 0.25) is 5.91 Å². The average molecular weight is 260 g/mol. The first kappa shape index (κ1) is 12.8. The lowest BCUT2D eigenvalue weighted by Gasteiger charge is -2.12. The summed E-state index contributed by atoms with van der Waals surface area (Å²) in [7, 11) is 0. The van der Waals surface area contributed by atoms with E-state index in [0.29, 0.717) is 11.6 Å². The van der Waals surface area contributed by atoms with Crippen LogP contribution in [0.1, 0.15) is 33.8 Å². The minimum atomic E-state index is -0.388. The third-order valence-corrected chi connectivity index (χ3v) is 3.88. The molecule has 4 heteroatoms. The van der Waals surface area contributed by atoms with E-state index in [2.05, 4.69) is 29.8 Å². The fourth-order valence-corrected chi connectivity index (χ4v) is 2.45. The number of nitrogens with two attached hydrogens (primary N) is 1. The third kappa shape index (κ3) is 3.18. The van der Waals surface area contributed by atoms with E-state index in [1.165, 1.54) is 4.88 Å². The Morgan fingerprint density at radius 3 is 2.61 bits per heavy atom. The van der Waals surface area contributed by atoms with Gasteiger partial charge in [-0.05, 0) is 36.1 Å². The Morgan fingerprint density at radius 2 is 2.06 bits per heavy atom. The van der Waals surface area contributed by atoms with Crippen molar-refractivity contribution in [3.63, 3.8) is 0 Å². The van der Waals surface area contributed by atoms with Crippen LogP contribution in [0.4, 0.5) is 0 Å². The van der Waals surface area contributed by atoms with Gasteiger partial charge >= 0.3 is 0 Å². The number of thiophene rings is 1. The van der Waals surface area contributed by atoms with Crippen LogP contribution in [0.3, 0.4) is 0 Å². The van der Waals surface area contributed by atoms with Crippen molar-refractivity contribution >= 4 is 17.2 Å². The number of hydrogen-bond donors (Lipinski definition) is 2. The molecule has 1 aromatic carbocycles. The predicted molar refractivity (Wildman–Crippen MR) is 74.5 cm³/mol. The Morgan fingerprint density at radius 1 is 1.33 bits per heavy atom. The van der Waals surface area contributed by atoms with Crippen molar-refractivity contribution in [1.82, 2.24) is 5.32 Å². The Labute approximate surface area is 111 Å². The molecule has 0 aliphatic heterocycles. The summed E-state index contributed by atoms with van der Waals surface area (Å²) in [6.45, 7) is 2.92. The molecule has 2 aromatic rings. The van der Waals surface area contributed by atoms with Crippen molar-refractivity contribution in [3.05, 3.63) is 57.8 Å². The maximum absolute atomic E-state index is 10.9. The molecular weight excluding hydrogens is 244 g/mol. The lowest BCUT2D eigenvalue weighted by Crippen LogP contribution is -2.17. The normalized spacial score (nSPS) is 12.3. The fourth-order valence-electron chi connectivity index (χ4n) is 1.70. The van der Waals surface area contributed by atoms with Crippen LogP contribution in [0.25, 0.3) is 0 Å². The van der Waals surface area contributed by atoms with Crippen molar-refractivity contribution < 1.29 is 4.79 Å². The van der Waals surface area contributed by atoms with Crippen LogP contribution in [0.2, 0.25) is 0 Å². The summed E-state index contributed by atoms with van der Waals surface area (Å²) in [6.07, 6.45) is 0. The SMILES string of the molecule is CC(NCc1ccc(C(N)=O)cc1)c1cccs1. The van der Waals surface area contributed by atoms with Crippen LogP contribution in [0, 0.1) is 0 Å². The van der Waals surface area contributed by atoms with E-state index in [9.17, 15) is 4.79 Å². The van der Waals surface area contributed by atoms with Crippen LogP contribution in [0.15, 0.2) is 41.8 Å². The largest absolute Gasteiger partial charge is 0.366 e. The lowest BCUT2D eigenvalue weighted by atomic mass is 10.1. The molecule has 0 spiro atoms. The Hall–Kier alpha value is -1.65. The molecule has 1 heterocycles. The highest BCUT2D eigenvalue weighted by molar-refractivity contribution is 7.10. The molecule has 0 radical (unpaired) electrons. The molecule has 0 aliphatic rings. The number of nitrogens with one attached hydrogen (secondary N) is 1. The molecule has 0 saturated heterocycles. The molecule has 1 amide bonds. The summed E-state index contributed by atoms with van der Waals surface area (Å²) in [6, 6.07) is 11.9. The monoisotopic (exact) mass is 260 g/mol. The van der Waals surface area contributed by atoms with E-state index in [4.69, 9.17) is 5.73 Å². The van der Waals surface area contributed by atoms with E-state index in [1.54, 1.807) is 23.5 Å². The predicted octanol–water partition coefficient (Wildman–Crippen LogP) is 2.70. The highest BCUT2D eigenvalue weighted by atomic mass is 32.1. The van der Waals surface area contributed by atoms with E-state index in [1.807, 2.05) is 12.1 Å². The molecule has 94 valence electrons. The zero-order valence-electron chi connectivity index (χ0n) is 10.2. The second-order valence-electron chi connectivity index (χ2n) is 4.18. The zero-order chi connectivity index (χ0) is 13.0. The molecule has 3 N–H and O–H groups in total. The van der Waals surface area contributed by atoms with Gasteiger partial charge in [-0.15, -0.1) is 11.3 Å². The smallest absolute Gasteiger partial charge is 0.248 e. The van der Waals surface area contributed by atoms with Crippen LogP contribution < -0.4 is 11.1 Å². The van der Waals surface area contributed by atoms with Crippen LogP contribution in [0.5, 0.6) is 0 Å². The van der Waals surface area contributed by atoms with Crippen molar-refractivity contribution in [3.8, 4) is 0 Å². The van der Waals surface area contributed by atoms with Crippen LogP contribution in [-0.2, 0) is 6.54 Å². The summed E-state index contributed by atoms with van der Waals surface area (Å²) in [5.41, 5.74) is 6.89. The van der Waals surface area contributed by atoms with Gasteiger partial charge in [0, 0.05) is 23.0 Å². The molecule has 1 unspecified atom stereocenters. The Bertz CT molecular complexity index is 505. The molecule has 1 aromatic heterocycles. The maximum atomic E-state index is 10.9. The first-order valence-electron chi connectivity index (χ1n) is 5.82. The van der Waals surface area contributed by atoms with E-state index in [-0.39, 0.29) is 5.91 Å². The van der Waals surface area contributed by atoms with Gasteiger partial charge in [-0.1, -0.05) is 18.2 Å². The Kier molecular flexibility index (Phi) is 4.12. The van der Waals surface area contributed by atoms with Gasteiger partial charge in [-0.2, -0.15) is 0 Å². The highest BCUT2D eigenvalue weighted by Gasteiger charge is 2.05. The number of carbonyl (C=O) groups is 1. The number of primary amides is 1. The van der Waals surface area contributed by atoms with Gasteiger partial charge < -0.3 is 11.1 Å². The summed E-state index contributed by atoms with van der Waals surface area (Å²) in [4.78, 5) is 12.3. The zero-order valence-corrected chi connectivity index (χ0v) is 11.0. The number of amides is 1. The standard InChI is InChI=1S/C14H16N2OS/c1-10(13-3-2-8-18-13)16-9-11-4-6-12(7-5-11)14(15)17/h2-8,10,16H,9H2,1H3,(H2,15,17). The second-order valence-corrected chi connectivity index (χ2v) is 5.16. The first-order chi connectivity index (χ1) is 8.66. The first-order valence-corrected chi connectivity index (χ1v) is 6.70. The van der Waals surface area contributed by atoms with Gasteiger partial charge in [0.15, 0.2) is 0 Å². The van der Waals surface area contributed by atoms with Gasteiger partial charge in [-0.3, -0.25) is 4.79 Å². The molecule has 0 fully saturated rings. The molecule has 0 saturated carbocycles. The van der Waals surface area contributed by atoms with Gasteiger partial charge in [-0.25, -0.2) is 0 Å². The summed E-state index contributed by atoms with van der Waals surface area (Å²) < 4.78 is 0. The lowest BCUT2D eigenvalue weighted by molar-refractivity contribution is 0.100. The summed E-state index contributed by atoms with van der Waals surface area (Å²) in [5, 5.41) is 5.52.